The first kappa shape index (κ1) is 27.0. The molecule has 198 valence electrons. The second-order valence-corrected chi connectivity index (χ2v) is 10.7. The molecule has 1 N–H and O–H groups in total. The van der Waals surface area contributed by atoms with Gasteiger partial charge in [0.15, 0.2) is 17.1 Å². The molecular weight excluding hydrogens is 486 g/mol. The van der Waals surface area contributed by atoms with Crippen LogP contribution in [0.4, 0.5) is 11.4 Å². The summed E-state index contributed by atoms with van der Waals surface area (Å²) in [6.45, 7) is 13.7. The van der Waals surface area contributed by atoms with Crippen LogP contribution in [-0.4, -0.2) is 52.7 Å². The molecule has 9 heteroatoms. The molecule has 37 heavy (non-hydrogen) atoms. The van der Waals surface area contributed by atoms with Crippen LogP contribution in [0.1, 0.15) is 64.1 Å². The molecule has 0 radical (unpaired) electrons. The fourth-order valence-corrected chi connectivity index (χ4v) is 5.24. The van der Waals surface area contributed by atoms with Gasteiger partial charge in [0.25, 0.3) is 0 Å². The average molecular weight is 524 g/mol. The van der Waals surface area contributed by atoms with E-state index < -0.39 is 0 Å². The Morgan fingerprint density at radius 3 is 2.41 bits per heavy atom. The third kappa shape index (κ3) is 6.84. The summed E-state index contributed by atoms with van der Waals surface area (Å²) in [6.07, 6.45) is -0.289. The first-order valence-corrected chi connectivity index (χ1v) is 13.9. The topological polar surface area (TPSA) is 81.5 Å². The number of nitrogens with zero attached hydrogens (tertiary/aromatic N) is 4. The van der Waals surface area contributed by atoms with Gasteiger partial charge in [-0.1, -0.05) is 43.8 Å². The lowest BCUT2D eigenvalue weighted by molar-refractivity contribution is -0.113. The van der Waals surface area contributed by atoms with Gasteiger partial charge in [0.2, 0.25) is 5.91 Å². The maximum Gasteiger partial charge on any atom is 0.234 e. The minimum absolute atomic E-state index is 0.0841. The SMILES string of the molecule is CC(C)c1ccccc1OC(C)c1nnc(SCC(=O)Nc2ccc(N3CCOCC3)cc2)n1C(C)C. The van der Waals surface area contributed by atoms with E-state index in [0.717, 1.165) is 54.8 Å². The quantitative estimate of drug-likeness (QED) is 0.342. The van der Waals surface area contributed by atoms with Crippen LogP contribution in [0.15, 0.2) is 53.7 Å². The Morgan fingerprint density at radius 1 is 1.03 bits per heavy atom. The summed E-state index contributed by atoms with van der Waals surface area (Å²) in [4.78, 5) is 15.0. The maximum atomic E-state index is 12.7. The standard InChI is InChI=1S/C28H37N5O3S/c1-19(2)24-8-6-7-9-25(24)36-21(5)27-30-31-28(33(27)20(3)4)37-18-26(34)29-22-10-12-23(13-11-22)32-14-16-35-17-15-32/h6-13,19-21H,14-18H2,1-5H3,(H,29,34). The number of aromatic nitrogens is 3. The van der Waals surface area contributed by atoms with E-state index >= 15 is 0 Å². The Hall–Kier alpha value is -3.04. The van der Waals surface area contributed by atoms with E-state index in [0.29, 0.717) is 11.1 Å². The molecule has 0 saturated carbocycles. The number of carbonyl (C=O) groups excluding carboxylic acids is 1. The number of morpholine rings is 1. The summed E-state index contributed by atoms with van der Waals surface area (Å²) in [5.74, 6) is 2.11. The van der Waals surface area contributed by atoms with Crippen LogP contribution < -0.4 is 15.0 Å². The third-order valence-electron chi connectivity index (χ3n) is 6.28. The number of amides is 1. The van der Waals surface area contributed by atoms with Crippen LogP contribution >= 0.6 is 11.8 Å². The van der Waals surface area contributed by atoms with Gasteiger partial charge < -0.3 is 24.3 Å². The number of carbonyl (C=O) groups is 1. The van der Waals surface area contributed by atoms with Gasteiger partial charge in [0.05, 0.1) is 19.0 Å². The zero-order valence-electron chi connectivity index (χ0n) is 22.3. The van der Waals surface area contributed by atoms with Crippen molar-refractivity contribution in [3.05, 3.63) is 59.9 Å². The molecule has 1 aromatic heterocycles. The van der Waals surface area contributed by atoms with Crippen molar-refractivity contribution in [2.24, 2.45) is 0 Å². The van der Waals surface area contributed by atoms with Gasteiger partial charge in [-0.3, -0.25) is 4.79 Å². The number of ether oxygens (including phenoxy) is 2. The Morgan fingerprint density at radius 2 is 1.73 bits per heavy atom. The summed E-state index contributed by atoms with van der Waals surface area (Å²) >= 11 is 1.38. The number of thioether (sulfide) groups is 1. The molecule has 0 spiro atoms. The zero-order valence-corrected chi connectivity index (χ0v) is 23.1. The molecule has 1 saturated heterocycles. The number of nitrogens with one attached hydrogen (secondary N) is 1. The van der Waals surface area contributed by atoms with Gasteiger partial charge in [-0.25, -0.2) is 0 Å². The van der Waals surface area contributed by atoms with Crippen molar-refractivity contribution in [2.75, 3.05) is 42.3 Å². The number of hydrogen-bond donors (Lipinski definition) is 1. The Labute approximate surface area is 223 Å². The Kier molecular flexibility index (Phi) is 9.10. The lowest BCUT2D eigenvalue weighted by Gasteiger charge is -2.28. The van der Waals surface area contributed by atoms with Crippen molar-refractivity contribution in [3.8, 4) is 5.75 Å². The maximum absolute atomic E-state index is 12.7. The molecule has 1 amide bonds. The molecular formula is C28H37N5O3S. The molecule has 2 heterocycles. The predicted octanol–water partition coefficient (Wildman–Crippen LogP) is 5.69. The zero-order chi connectivity index (χ0) is 26.4. The van der Waals surface area contributed by atoms with Gasteiger partial charge in [-0.05, 0) is 62.6 Å². The van der Waals surface area contributed by atoms with Gasteiger partial charge >= 0.3 is 0 Å². The monoisotopic (exact) mass is 523 g/mol. The molecule has 1 unspecified atom stereocenters. The van der Waals surface area contributed by atoms with Crippen LogP contribution in [0.25, 0.3) is 0 Å². The largest absolute Gasteiger partial charge is 0.482 e. The summed E-state index contributed by atoms with van der Waals surface area (Å²) in [7, 11) is 0. The highest BCUT2D eigenvalue weighted by Gasteiger charge is 2.23. The number of rotatable bonds is 10. The van der Waals surface area contributed by atoms with E-state index in [1.165, 1.54) is 11.8 Å². The van der Waals surface area contributed by atoms with E-state index in [4.69, 9.17) is 9.47 Å². The Balaban J connectivity index is 1.38. The summed E-state index contributed by atoms with van der Waals surface area (Å²) < 4.78 is 13.8. The second kappa shape index (κ2) is 12.5. The summed E-state index contributed by atoms with van der Waals surface area (Å²) in [6, 6.07) is 16.2. The van der Waals surface area contributed by atoms with Gasteiger partial charge in [-0.2, -0.15) is 0 Å². The van der Waals surface area contributed by atoms with E-state index in [-0.39, 0.29) is 23.8 Å². The highest BCUT2D eigenvalue weighted by Crippen LogP contribution is 2.32. The van der Waals surface area contributed by atoms with Crippen molar-refractivity contribution in [1.82, 2.24) is 14.8 Å². The fraction of sp³-hybridized carbons (Fsp3) is 0.464. The van der Waals surface area contributed by atoms with E-state index in [1.54, 1.807) is 0 Å². The molecule has 1 fully saturated rings. The van der Waals surface area contributed by atoms with Crippen LogP contribution in [0.3, 0.4) is 0 Å². The van der Waals surface area contributed by atoms with Crippen LogP contribution in [0.2, 0.25) is 0 Å². The van der Waals surface area contributed by atoms with Crippen molar-refractivity contribution >= 4 is 29.0 Å². The summed E-state index contributed by atoms with van der Waals surface area (Å²) in [5, 5.41) is 12.5. The van der Waals surface area contributed by atoms with Gasteiger partial charge in [0, 0.05) is 30.5 Å². The molecule has 2 aromatic carbocycles. The highest BCUT2D eigenvalue weighted by atomic mass is 32.2. The molecule has 0 bridgehead atoms. The van der Waals surface area contributed by atoms with Crippen molar-refractivity contribution in [1.29, 1.82) is 0 Å². The first-order valence-electron chi connectivity index (χ1n) is 12.9. The minimum atomic E-state index is -0.289. The van der Waals surface area contributed by atoms with Gasteiger partial charge in [0.1, 0.15) is 5.75 Å². The molecule has 8 nitrogen and oxygen atoms in total. The highest BCUT2D eigenvalue weighted by molar-refractivity contribution is 7.99. The molecule has 0 aliphatic carbocycles. The normalized spacial score (nSPS) is 14.7. The van der Waals surface area contributed by atoms with E-state index in [9.17, 15) is 4.79 Å². The predicted molar refractivity (Wildman–Crippen MR) is 149 cm³/mol. The molecule has 4 rings (SSSR count). The van der Waals surface area contributed by atoms with Crippen molar-refractivity contribution in [3.63, 3.8) is 0 Å². The number of para-hydroxylation sites is 1. The third-order valence-corrected chi connectivity index (χ3v) is 7.22. The minimum Gasteiger partial charge on any atom is -0.482 e. The lowest BCUT2D eigenvalue weighted by Crippen LogP contribution is -2.36. The number of hydrogen-bond acceptors (Lipinski definition) is 7. The molecule has 3 aromatic rings. The summed E-state index contributed by atoms with van der Waals surface area (Å²) in [5.41, 5.74) is 3.08. The van der Waals surface area contributed by atoms with E-state index in [1.807, 2.05) is 49.4 Å². The number of anilines is 2. The van der Waals surface area contributed by atoms with Crippen LogP contribution in [0, 0.1) is 0 Å². The van der Waals surface area contributed by atoms with Gasteiger partial charge in [-0.15, -0.1) is 10.2 Å². The van der Waals surface area contributed by atoms with E-state index in [2.05, 4.69) is 58.7 Å². The van der Waals surface area contributed by atoms with Crippen molar-refractivity contribution < 1.29 is 14.3 Å². The van der Waals surface area contributed by atoms with Crippen molar-refractivity contribution in [2.45, 2.75) is 57.8 Å². The first-order chi connectivity index (χ1) is 17.8. The lowest BCUT2D eigenvalue weighted by atomic mass is 10.0. The number of benzene rings is 2. The smallest absolute Gasteiger partial charge is 0.234 e. The second-order valence-electron chi connectivity index (χ2n) is 9.74. The Bertz CT molecular complexity index is 1170. The molecule has 1 aliphatic rings. The van der Waals surface area contributed by atoms with Crippen LogP contribution in [0.5, 0.6) is 5.75 Å². The molecule has 1 atom stereocenters. The molecule has 1 aliphatic heterocycles. The average Bonchev–Trinajstić information content (AvgIpc) is 3.33. The fourth-order valence-electron chi connectivity index (χ4n) is 4.36. The van der Waals surface area contributed by atoms with Crippen LogP contribution in [-0.2, 0) is 9.53 Å².